The van der Waals surface area contributed by atoms with Crippen molar-refractivity contribution in [2.75, 3.05) is 9.80 Å². The van der Waals surface area contributed by atoms with Crippen LogP contribution in [0.3, 0.4) is 0 Å². The van der Waals surface area contributed by atoms with Gasteiger partial charge in [0.1, 0.15) is 23.0 Å². The highest BCUT2D eigenvalue weighted by Gasteiger charge is 2.43. The van der Waals surface area contributed by atoms with Gasteiger partial charge in [0.05, 0.1) is 0 Å². The summed E-state index contributed by atoms with van der Waals surface area (Å²) in [5, 5.41) is 2.48. The highest BCUT2D eigenvalue weighted by atomic mass is 16.5. The highest BCUT2D eigenvalue weighted by molar-refractivity contribution is 7.00. The Labute approximate surface area is 328 Å². The zero-order chi connectivity index (χ0) is 37.7. The maximum absolute atomic E-state index is 7.03. The first-order chi connectivity index (χ1) is 27.3. The monoisotopic (exact) mass is 722 g/mol. The van der Waals surface area contributed by atoms with Crippen molar-refractivity contribution in [1.29, 1.82) is 0 Å². The zero-order valence-electron chi connectivity index (χ0n) is 31.9. The summed E-state index contributed by atoms with van der Waals surface area (Å²) in [6, 6.07) is 59.1. The van der Waals surface area contributed by atoms with Crippen LogP contribution in [0.25, 0.3) is 10.8 Å². The molecule has 0 N–H and O–H groups in total. The van der Waals surface area contributed by atoms with E-state index in [4.69, 9.17) is 9.47 Å². The summed E-state index contributed by atoms with van der Waals surface area (Å²) in [5.41, 5.74) is 14.9. The third kappa shape index (κ3) is 4.80. The van der Waals surface area contributed by atoms with E-state index in [2.05, 4.69) is 195 Å². The van der Waals surface area contributed by atoms with Gasteiger partial charge in [-0.05, 0) is 125 Å². The maximum Gasteiger partial charge on any atom is 0.257 e. The van der Waals surface area contributed by atoms with Crippen molar-refractivity contribution in [3.63, 3.8) is 0 Å². The summed E-state index contributed by atoms with van der Waals surface area (Å²) < 4.78 is 13.5. The van der Waals surface area contributed by atoms with E-state index in [1.165, 1.54) is 44.1 Å². The normalized spacial score (nSPS) is 14.1. The fraction of sp³-hybridized carbons (Fsp3) is 0.0980. The van der Waals surface area contributed by atoms with E-state index in [0.717, 1.165) is 62.5 Å². The summed E-state index contributed by atoms with van der Waals surface area (Å²) in [6.45, 7) is 8.92. The topological polar surface area (TPSA) is 24.9 Å². The molecule has 11 rings (SSSR count). The van der Waals surface area contributed by atoms with Crippen molar-refractivity contribution in [3.8, 4) is 23.0 Å². The summed E-state index contributed by atoms with van der Waals surface area (Å²) >= 11 is 0. The van der Waals surface area contributed by atoms with Gasteiger partial charge in [-0.2, -0.15) is 0 Å². The molecule has 3 aliphatic heterocycles. The number of anilines is 6. The van der Waals surface area contributed by atoms with Crippen LogP contribution in [0.4, 0.5) is 34.1 Å². The Bertz CT molecular complexity index is 2900. The Kier molecular flexibility index (Phi) is 7.09. The molecular weight excluding hydrogens is 683 g/mol. The van der Waals surface area contributed by atoms with Gasteiger partial charge in [-0.1, -0.05) is 98.8 Å². The van der Waals surface area contributed by atoms with Crippen molar-refractivity contribution in [3.05, 3.63) is 186 Å². The van der Waals surface area contributed by atoms with Crippen LogP contribution in [0.15, 0.2) is 164 Å². The number of nitrogens with zero attached hydrogens (tertiary/aromatic N) is 2. The number of benzene rings is 8. The molecule has 8 aromatic carbocycles. The van der Waals surface area contributed by atoms with Crippen LogP contribution in [0.5, 0.6) is 23.0 Å². The first-order valence-electron chi connectivity index (χ1n) is 19.5. The Morgan fingerprint density at radius 2 is 1.18 bits per heavy atom. The number of aryl methyl sites for hydroxylation is 2. The van der Waals surface area contributed by atoms with Crippen molar-refractivity contribution < 1.29 is 9.47 Å². The molecule has 56 heavy (non-hydrogen) atoms. The zero-order valence-corrected chi connectivity index (χ0v) is 31.9. The molecule has 3 aliphatic rings. The average Bonchev–Trinajstić information content (AvgIpc) is 3.22. The van der Waals surface area contributed by atoms with Gasteiger partial charge >= 0.3 is 0 Å². The molecule has 0 bridgehead atoms. The predicted octanol–water partition coefficient (Wildman–Crippen LogP) is 11.8. The third-order valence-electron chi connectivity index (χ3n) is 12.3. The molecule has 4 nitrogen and oxygen atoms in total. The van der Waals surface area contributed by atoms with E-state index in [0.29, 0.717) is 0 Å². The van der Waals surface area contributed by atoms with Crippen LogP contribution >= 0.6 is 0 Å². The van der Waals surface area contributed by atoms with Gasteiger partial charge in [-0.25, -0.2) is 0 Å². The van der Waals surface area contributed by atoms with E-state index in [-0.39, 0.29) is 12.1 Å². The van der Waals surface area contributed by atoms with E-state index in [1.807, 2.05) is 6.07 Å². The minimum Gasteiger partial charge on any atom is -0.458 e. The molecule has 0 aliphatic carbocycles. The standard InChI is InChI=1S/C51H39BN2O2/c1-32-21-23-36(29-33(32)2)53(37-25-28-46-41(30-37)51(3,4)40-17-10-11-19-45(40)55-46)38-24-26-42-48(31-38)56-47-20-12-18-43-50(47)52(42)49-39-16-9-8-13-34(39)22-27-44(49)54(43)35-14-6-5-7-15-35/h5-31H,1-4H3. The van der Waals surface area contributed by atoms with E-state index in [9.17, 15) is 0 Å². The minimum atomic E-state index is -0.250. The summed E-state index contributed by atoms with van der Waals surface area (Å²) in [6.07, 6.45) is 0. The lowest BCUT2D eigenvalue weighted by molar-refractivity contribution is 0.418. The second-order valence-electron chi connectivity index (χ2n) is 15.8. The van der Waals surface area contributed by atoms with Gasteiger partial charge in [-0.3, -0.25) is 0 Å². The molecule has 0 saturated carbocycles. The van der Waals surface area contributed by atoms with Crippen molar-refractivity contribution in [2.45, 2.75) is 33.1 Å². The lowest BCUT2D eigenvalue weighted by Gasteiger charge is -2.40. The van der Waals surface area contributed by atoms with Crippen molar-refractivity contribution >= 4 is 68.0 Å². The third-order valence-corrected chi connectivity index (χ3v) is 12.3. The average molecular weight is 723 g/mol. The van der Waals surface area contributed by atoms with Gasteiger partial charge in [0, 0.05) is 56.7 Å². The molecule has 0 aromatic heterocycles. The summed E-state index contributed by atoms with van der Waals surface area (Å²) in [7, 11) is 0. The molecule has 0 fully saturated rings. The molecule has 268 valence electrons. The first-order valence-corrected chi connectivity index (χ1v) is 19.5. The van der Waals surface area contributed by atoms with Crippen LogP contribution in [0.1, 0.15) is 36.1 Å². The van der Waals surface area contributed by atoms with E-state index in [1.54, 1.807) is 0 Å². The highest BCUT2D eigenvalue weighted by Crippen LogP contribution is 2.50. The quantitative estimate of drug-likeness (QED) is 0.169. The van der Waals surface area contributed by atoms with Crippen LogP contribution in [0.2, 0.25) is 0 Å². The lowest BCUT2D eigenvalue weighted by atomic mass is 9.33. The van der Waals surface area contributed by atoms with Gasteiger partial charge in [0.15, 0.2) is 0 Å². The Hall–Kier alpha value is -6.72. The van der Waals surface area contributed by atoms with Crippen LogP contribution in [-0.2, 0) is 5.41 Å². The van der Waals surface area contributed by atoms with Gasteiger partial charge in [-0.15, -0.1) is 0 Å². The molecule has 5 heteroatoms. The smallest absolute Gasteiger partial charge is 0.257 e. The molecule has 0 amide bonds. The van der Waals surface area contributed by atoms with Crippen LogP contribution < -0.4 is 35.7 Å². The van der Waals surface area contributed by atoms with Crippen molar-refractivity contribution in [2.24, 2.45) is 0 Å². The number of rotatable bonds is 4. The second kappa shape index (κ2) is 12.1. The van der Waals surface area contributed by atoms with Crippen molar-refractivity contribution in [1.82, 2.24) is 0 Å². The van der Waals surface area contributed by atoms with Gasteiger partial charge < -0.3 is 19.3 Å². The number of hydrogen-bond acceptors (Lipinski definition) is 4. The summed E-state index contributed by atoms with van der Waals surface area (Å²) in [5.74, 6) is 3.57. The molecular formula is C51H39BN2O2. The Morgan fingerprint density at radius 3 is 2.05 bits per heavy atom. The largest absolute Gasteiger partial charge is 0.458 e. The van der Waals surface area contributed by atoms with Crippen LogP contribution in [-0.4, -0.2) is 6.71 Å². The fourth-order valence-corrected chi connectivity index (χ4v) is 9.32. The SMILES string of the molecule is Cc1ccc(N(c2ccc3c(c2)Oc2cccc4c2B3c2c(ccc3ccccc23)N4c2ccccc2)c2ccc3c(c2)C(C)(C)c2ccccc2O3)cc1C. The number of para-hydroxylation sites is 2. The second-order valence-corrected chi connectivity index (χ2v) is 15.8. The van der Waals surface area contributed by atoms with Gasteiger partial charge in [0.25, 0.3) is 6.71 Å². The molecule has 0 atom stereocenters. The Balaban J connectivity index is 1.11. The Morgan fingerprint density at radius 1 is 0.500 bits per heavy atom. The molecule has 8 aromatic rings. The fourth-order valence-electron chi connectivity index (χ4n) is 9.32. The lowest BCUT2D eigenvalue weighted by Crippen LogP contribution is -2.59. The van der Waals surface area contributed by atoms with E-state index < -0.39 is 0 Å². The molecule has 0 spiro atoms. The van der Waals surface area contributed by atoms with E-state index >= 15 is 0 Å². The first kappa shape index (κ1) is 32.7. The predicted molar refractivity (Wildman–Crippen MR) is 233 cm³/mol. The maximum atomic E-state index is 7.03. The number of ether oxygens (including phenoxy) is 2. The molecule has 0 radical (unpaired) electrons. The van der Waals surface area contributed by atoms with Crippen LogP contribution in [0, 0.1) is 13.8 Å². The minimum absolute atomic E-state index is 0.0168. The van der Waals surface area contributed by atoms with Gasteiger partial charge in [0.2, 0.25) is 0 Å². The molecule has 0 unspecified atom stereocenters. The molecule has 3 heterocycles. The number of fused-ring (bicyclic) bond motifs is 8. The molecule has 0 saturated heterocycles. The number of hydrogen-bond donors (Lipinski definition) is 0. The summed E-state index contributed by atoms with van der Waals surface area (Å²) in [4.78, 5) is 4.77.